The van der Waals surface area contributed by atoms with Crippen molar-refractivity contribution in [3.05, 3.63) is 23.8 Å². The van der Waals surface area contributed by atoms with Crippen molar-refractivity contribution < 1.29 is 4.74 Å². The van der Waals surface area contributed by atoms with Gasteiger partial charge in [0.05, 0.1) is 23.4 Å². The van der Waals surface area contributed by atoms with Crippen molar-refractivity contribution in [2.24, 2.45) is 0 Å². The Kier molecular flexibility index (Phi) is 2.97. The predicted octanol–water partition coefficient (Wildman–Crippen LogP) is 0.975. The normalized spacial score (nSPS) is 18.6. The van der Waals surface area contributed by atoms with Gasteiger partial charge in [-0.05, 0) is 25.2 Å². The summed E-state index contributed by atoms with van der Waals surface area (Å²) in [5.41, 5.74) is 1.66. The lowest BCUT2D eigenvalue weighted by Crippen LogP contribution is -2.46. The molecule has 0 aromatic heterocycles. The largest absolute Gasteiger partial charge is 0.489 e. The van der Waals surface area contributed by atoms with Gasteiger partial charge < -0.3 is 15.0 Å². The van der Waals surface area contributed by atoms with E-state index < -0.39 is 0 Å². The first-order valence-corrected chi connectivity index (χ1v) is 5.30. The first-order chi connectivity index (χ1) is 7.76. The van der Waals surface area contributed by atoms with E-state index in [1.54, 1.807) is 6.07 Å². The summed E-state index contributed by atoms with van der Waals surface area (Å²) in [6, 6.07) is 7.97. The van der Waals surface area contributed by atoms with Crippen LogP contribution in [0.5, 0.6) is 5.75 Å². The van der Waals surface area contributed by atoms with Crippen molar-refractivity contribution in [1.29, 1.82) is 5.26 Å². The molecule has 0 spiro atoms. The van der Waals surface area contributed by atoms with E-state index >= 15 is 0 Å². The fraction of sp³-hybridized carbons (Fsp3) is 0.417. The molecular weight excluding hydrogens is 202 g/mol. The molecule has 1 heterocycles. The van der Waals surface area contributed by atoms with Gasteiger partial charge in [-0.3, -0.25) is 0 Å². The highest BCUT2D eigenvalue weighted by Crippen LogP contribution is 2.33. The summed E-state index contributed by atoms with van der Waals surface area (Å²) in [5.74, 6) is 0.855. The van der Waals surface area contributed by atoms with Gasteiger partial charge in [0.2, 0.25) is 0 Å². The van der Waals surface area contributed by atoms with E-state index in [1.165, 1.54) is 0 Å². The van der Waals surface area contributed by atoms with Crippen molar-refractivity contribution in [3.8, 4) is 11.8 Å². The fourth-order valence-corrected chi connectivity index (χ4v) is 1.91. The molecule has 2 rings (SSSR count). The molecule has 0 amide bonds. The van der Waals surface area contributed by atoms with Crippen molar-refractivity contribution in [1.82, 2.24) is 5.32 Å². The maximum Gasteiger partial charge on any atom is 0.142 e. The number of fused-ring (bicyclic) bond motifs is 1. The standard InChI is InChI=1S/C12H15N3O/c1-14-7-10-8-16-12-4-3-9(6-13)5-11(12)15(10)2/h3-5,10,14H,7-8H2,1-2H3. The Morgan fingerprint density at radius 1 is 1.62 bits per heavy atom. The minimum atomic E-state index is 0.312. The van der Waals surface area contributed by atoms with E-state index in [0.29, 0.717) is 18.2 Å². The van der Waals surface area contributed by atoms with Crippen LogP contribution < -0.4 is 15.0 Å². The number of anilines is 1. The molecule has 0 bridgehead atoms. The third kappa shape index (κ3) is 1.82. The molecule has 0 fully saturated rings. The van der Waals surface area contributed by atoms with Gasteiger partial charge in [0, 0.05) is 13.6 Å². The van der Waals surface area contributed by atoms with Crippen molar-refractivity contribution in [2.45, 2.75) is 6.04 Å². The lowest BCUT2D eigenvalue weighted by Gasteiger charge is -2.35. The zero-order chi connectivity index (χ0) is 11.5. The van der Waals surface area contributed by atoms with Gasteiger partial charge in [-0.2, -0.15) is 5.26 Å². The van der Waals surface area contributed by atoms with Crippen molar-refractivity contribution >= 4 is 5.69 Å². The molecule has 0 aliphatic carbocycles. The minimum Gasteiger partial charge on any atom is -0.489 e. The molecule has 4 heteroatoms. The molecule has 1 N–H and O–H groups in total. The Balaban J connectivity index is 2.31. The van der Waals surface area contributed by atoms with E-state index in [2.05, 4.69) is 16.3 Å². The SMILES string of the molecule is CNCC1COc2ccc(C#N)cc2N1C. The van der Waals surface area contributed by atoms with Gasteiger partial charge in [0.15, 0.2) is 0 Å². The van der Waals surface area contributed by atoms with Crippen LogP contribution in [0.25, 0.3) is 0 Å². The maximum atomic E-state index is 8.87. The van der Waals surface area contributed by atoms with Crippen LogP contribution in [0, 0.1) is 11.3 Å². The molecule has 1 unspecified atom stereocenters. The van der Waals surface area contributed by atoms with Crippen LogP contribution in [-0.2, 0) is 0 Å². The first kappa shape index (κ1) is 10.8. The van der Waals surface area contributed by atoms with Gasteiger partial charge in [0.1, 0.15) is 12.4 Å². The second-order valence-corrected chi connectivity index (χ2v) is 3.93. The summed E-state index contributed by atoms with van der Waals surface area (Å²) in [6.45, 7) is 1.54. The summed E-state index contributed by atoms with van der Waals surface area (Å²) in [6.07, 6.45) is 0. The number of hydrogen-bond donors (Lipinski definition) is 1. The molecule has 4 nitrogen and oxygen atoms in total. The monoisotopic (exact) mass is 217 g/mol. The maximum absolute atomic E-state index is 8.87. The average Bonchev–Trinajstić information content (AvgIpc) is 2.33. The van der Waals surface area contributed by atoms with Crippen LogP contribution in [0.4, 0.5) is 5.69 Å². The molecule has 0 saturated carbocycles. The van der Waals surface area contributed by atoms with Crippen LogP contribution >= 0.6 is 0 Å². The average molecular weight is 217 g/mol. The fourth-order valence-electron chi connectivity index (χ4n) is 1.91. The highest BCUT2D eigenvalue weighted by Gasteiger charge is 2.24. The number of nitrogens with zero attached hydrogens (tertiary/aromatic N) is 2. The zero-order valence-electron chi connectivity index (χ0n) is 9.53. The van der Waals surface area contributed by atoms with Gasteiger partial charge in [-0.15, -0.1) is 0 Å². The van der Waals surface area contributed by atoms with E-state index in [9.17, 15) is 0 Å². The number of benzene rings is 1. The molecule has 1 atom stereocenters. The van der Waals surface area contributed by atoms with Crippen LogP contribution in [0.3, 0.4) is 0 Å². The van der Waals surface area contributed by atoms with Crippen LogP contribution in [-0.4, -0.2) is 33.3 Å². The smallest absolute Gasteiger partial charge is 0.142 e. The second-order valence-electron chi connectivity index (χ2n) is 3.93. The molecule has 1 aromatic carbocycles. The van der Waals surface area contributed by atoms with Gasteiger partial charge in [-0.25, -0.2) is 0 Å². The molecule has 1 aromatic rings. The van der Waals surface area contributed by atoms with Gasteiger partial charge in [0.25, 0.3) is 0 Å². The lowest BCUT2D eigenvalue weighted by atomic mass is 10.1. The number of likely N-dealkylation sites (N-methyl/N-ethyl adjacent to an activating group) is 2. The lowest BCUT2D eigenvalue weighted by molar-refractivity contribution is 0.264. The molecule has 0 radical (unpaired) electrons. The third-order valence-electron chi connectivity index (χ3n) is 2.89. The summed E-state index contributed by atoms with van der Waals surface area (Å²) in [5, 5.41) is 12.0. The molecule has 84 valence electrons. The van der Waals surface area contributed by atoms with E-state index in [4.69, 9.17) is 10.00 Å². The first-order valence-electron chi connectivity index (χ1n) is 5.30. The quantitative estimate of drug-likeness (QED) is 0.802. The van der Waals surface area contributed by atoms with Crippen LogP contribution in [0.1, 0.15) is 5.56 Å². The molecule has 0 saturated heterocycles. The topological polar surface area (TPSA) is 48.3 Å². The predicted molar refractivity (Wildman–Crippen MR) is 62.8 cm³/mol. The number of hydrogen-bond acceptors (Lipinski definition) is 4. The second kappa shape index (κ2) is 4.42. The number of ether oxygens (including phenoxy) is 1. The third-order valence-corrected chi connectivity index (χ3v) is 2.89. The summed E-state index contributed by atoms with van der Waals surface area (Å²) in [4.78, 5) is 2.16. The van der Waals surface area contributed by atoms with Crippen LogP contribution in [0.15, 0.2) is 18.2 Å². The summed E-state index contributed by atoms with van der Waals surface area (Å²) >= 11 is 0. The van der Waals surface area contributed by atoms with Crippen molar-refractivity contribution in [3.63, 3.8) is 0 Å². The Morgan fingerprint density at radius 2 is 2.44 bits per heavy atom. The van der Waals surface area contributed by atoms with Gasteiger partial charge >= 0.3 is 0 Å². The number of nitriles is 1. The van der Waals surface area contributed by atoms with Crippen LogP contribution in [0.2, 0.25) is 0 Å². The highest BCUT2D eigenvalue weighted by atomic mass is 16.5. The number of nitrogens with one attached hydrogen (secondary N) is 1. The van der Waals surface area contributed by atoms with E-state index in [0.717, 1.165) is 18.0 Å². The Hall–Kier alpha value is -1.73. The Labute approximate surface area is 95.4 Å². The van der Waals surface area contributed by atoms with Crippen molar-refractivity contribution in [2.75, 3.05) is 32.1 Å². The minimum absolute atomic E-state index is 0.312. The molecular formula is C12H15N3O. The highest BCUT2D eigenvalue weighted by molar-refractivity contribution is 5.63. The Bertz CT molecular complexity index is 425. The Morgan fingerprint density at radius 3 is 3.12 bits per heavy atom. The van der Waals surface area contributed by atoms with E-state index in [1.807, 2.05) is 26.2 Å². The molecule has 16 heavy (non-hydrogen) atoms. The zero-order valence-corrected chi connectivity index (χ0v) is 9.53. The summed E-state index contributed by atoms with van der Waals surface area (Å²) < 4.78 is 5.67. The molecule has 1 aliphatic heterocycles. The van der Waals surface area contributed by atoms with Gasteiger partial charge in [-0.1, -0.05) is 0 Å². The number of rotatable bonds is 2. The molecule has 1 aliphatic rings. The summed E-state index contributed by atoms with van der Waals surface area (Å²) in [7, 11) is 3.96. The van der Waals surface area contributed by atoms with E-state index in [-0.39, 0.29) is 0 Å².